The average Bonchev–Trinajstić information content (AvgIpc) is 3.29. The summed E-state index contributed by atoms with van der Waals surface area (Å²) >= 11 is 0. The minimum absolute atomic E-state index is 0.0371. The van der Waals surface area contributed by atoms with Gasteiger partial charge in [0.25, 0.3) is 5.69 Å². The predicted octanol–water partition coefficient (Wildman–Crippen LogP) is 6.76. The Morgan fingerprint density at radius 3 is 2.33 bits per heavy atom. The van der Waals surface area contributed by atoms with Crippen LogP contribution in [0, 0.1) is 15.9 Å². The number of amides is 1. The number of ether oxygens (including phenoxy) is 4. The van der Waals surface area contributed by atoms with E-state index in [1.807, 2.05) is 19.1 Å². The van der Waals surface area contributed by atoms with E-state index < -0.39 is 16.9 Å². The molecule has 0 radical (unpaired) electrons. The molecule has 3 aromatic carbocycles. The van der Waals surface area contributed by atoms with Crippen molar-refractivity contribution in [1.82, 2.24) is 10.3 Å². The highest BCUT2D eigenvalue weighted by molar-refractivity contribution is 6.08. The van der Waals surface area contributed by atoms with Crippen molar-refractivity contribution in [2.24, 2.45) is 0 Å². The quantitative estimate of drug-likeness (QED) is 0.0876. The van der Waals surface area contributed by atoms with Gasteiger partial charge in [-0.25, -0.2) is 9.18 Å². The molecule has 0 atom stereocenters. The molecule has 234 valence electrons. The Morgan fingerprint density at radius 1 is 0.978 bits per heavy atom. The Labute approximate surface area is 263 Å². The number of nitrogens with zero attached hydrogens (tertiary/aromatic N) is 2. The molecule has 1 amide bonds. The maximum absolute atomic E-state index is 14.4. The van der Waals surface area contributed by atoms with Crippen LogP contribution in [0.4, 0.5) is 14.9 Å². The Hall–Kier alpha value is -6.04. The van der Waals surface area contributed by atoms with Gasteiger partial charge in [0.15, 0.2) is 11.5 Å². The summed E-state index contributed by atoms with van der Waals surface area (Å²) in [6.07, 6.45) is 4.09. The van der Waals surface area contributed by atoms with E-state index in [4.69, 9.17) is 18.9 Å². The van der Waals surface area contributed by atoms with Crippen LogP contribution in [-0.4, -0.2) is 36.2 Å². The number of hydrogen-bond donors (Lipinski definition) is 1. The molecule has 4 aromatic rings. The van der Waals surface area contributed by atoms with Crippen LogP contribution in [0.15, 0.2) is 84.7 Å². The van der Waals surface area contributed by atoms with Crippen LogP contribution in [0.1, 0.15) is 35.6 Å². The number of fused-ring (bicyclic) bond motifs is 1. The molecule has 1 aliphatic rings. The summed E-state index contributed by atoms with van der Waals surface area (Å²) in [5.74, 6) is -0.352. The molecule has 46 heavy (non-hydrogen) atoms. The number of nitro benzene ring substituents is 1. The van der Waals surface area contributed by atoms with Gasteiger partial charge in [0.05, 0.1) is 25.6 Å². The zero-order chi connectivity index (χ0) is 32.8. The minimum atomic E-state index is -1.12. The lowest BCUT2D eigenvalue weighted by Crippen LogP contribution is -2.22. The Balaban J connectivity index is 1.41. The van der Waals surface area contributed by atoms with E-state index in [1.165, 1.54) is 50.6 Å². The van der Waals surface area contributed by atoms with Gasteiger partial charge in [-0.3, -0.25) is 19.9 Å². The van der Waals surface area contributed by atoms with Crippen LogP contribution >= 0.6 is 0 Å². The molecule has 1 heterocycles. The summed E-state index contributed by atoms with van der Waals surface area (Å²) in [6, 6.07) is 16.3. The zero-order valence-electron chi connectivity index (χ0n) is 25.0. The summed E-state index contributed by atoms with van der Waals surface area (Å²) in [6.45, 7) is 2.18. The van der Waals surface area contributed by atoms with Crippen molar-refractivity contribution in [3.63, 3.8) is 0 Å². The summed E-state index contributed by atoms with van der Waals surface area (Å²) in [5.41, 5.74) is 4.92. The fourth-order valence-corrected chi connectivity index (χ4v) is 4.99. The number of methoxy groups -OCH3 is 2. The Bertz CT molecular complexity index is 1850. The summed E-state index contributed by atoms with van der Waals surface area (Å²) < 4.78 is 36.0. The number of carbonyl (C=O) groups excluding carboxylic acids is 2. The second kappa shape index (κ2) is 13.7. The largest absolute Gasteiger partial charge is 0.519 e. The monoisotopic (exact) mass is 625 g/mol. The SMILES string of the molecule is COc1cc(C=C2C(C)=C(CC(=O)NCc3cccnc3)c3cc(F)ccc32)cc(OC)c1OC(=O)Oc1ccc([N+](=O)[O-])cc1. The average molecular weight is 626 g/mol. The second-order valence-corrected chi connectivity index (χ2v) is 10.1. The van der Waals surface area contributed by atoms with Crippen LogP contribution in [0.5, 0.6) is 23.0 Å². The molecule has 1 aromatic heterocycles. The second-order valence-electron chi connectivity index (χ2n) is 10.1. The number of halogens is 1. The maximum Gasteiger partial charge on any atom is 0.519 e. The summed E-state index contributed by atoms with van der Waals surface area (Å²) in [4.78, 5) is 39.9. The minimum Gasteiger partial charge on any atom is -0.493 e. The third-order valence-corrected chi connectivity index (χ3v) is 7.23. The van der Waals surface area contributed by atoms with Crippen molar-refractivity contribution in [2.75, 3.05) is 14.2 Å². The number of nitro groups is 1. The summed E-state index contributed by atoms with van der Waals surface area (Å²) in [5, 5.41) is 13.8. The molecular weight excluding hydrogens is 597 g/mol. The molecule has 0 spiro atoms. The van der Waals surface area contributed by atoms with Gasteiger partial charge in [-0.15, -0.1) is 0 Å². The number of carbonyl (C=O) groups is 2. The lowest BCUT2D eigenvalue weighted by atomic mass is 10.00. The highest BCUT2D eigenvalue weighted by Gasteiger charge is 2.27. The fraction of sp³-hybridized carbons (Fsp3) is 0.147. The first-order valence-electron chi connectivity index (χ1n) is 13.9. The first kappa shape index (κ1) is 31.4. The molecule has 0 unspecified atom stereocenters. The summed E-state index contributed by atoms with van der Waals surface area (Å²) in [7, 11) is 2.78. The van der Waals surface area contributed by atoms with Crippen LogP contribution in [0.25, 0.3) is 17.2 Å². The first-order chi connectivity index (χ1) is 22.2. The van der Waals surface area contributed by atoms with Gasteiger partial charge in [0, 0.05) is 31.1 Å². The molecule has 0 saturated heterocycles. The molecule has 12 heteroatoms. The number of aromatic nitrogens is 1. The van der Waals surface area contributed by atoms with Gasteiger partial charge in [-0.05, 0) is 94.4 Å². The lowest BCUT2D eigenvalue weighted by molar-refractivity contribution is -0.384. The Morgan fingerprint density at radius 2 is 1.70 bits per heavy atom. The van der Waals surface area contributed by atoms with Crippen molar-refractivity contribution in [3.8, 4) is 23.0 Å². The topological polar surface area (TPSA) is 139 Å². The van der Waals surface area contributed by atoms with Crippen molar-refractivity contribution >= 4 is 35.0 Å². The van der Waals surface area contributed by atoms with Crippen molar-refractivity contribution in [1.29, 1.82) is 0 Å². The Kier molecular flexibility index (Phi) is 9.36. The molecular formula is C34H28FN3O8. The molecule has 11 nitrogen and oxygen atoms in total. The zero-order valence-corrected chi connectivity index (χ0v) is 25.0. The van der Waals surface area contributed by atoms with E-state index in [9.17, 15) is 24.1 Å². The molecule has 0 aliphatic heterocycles. The third-order valence-electron chi connectivity index (χ3n) is 7.23. The molecule has 0 saturated carbocycles. The maximum atomic E-state index is 14.4. The van der Waals surface area contributed by atoms with Gasteiger partial charge >= 0.3 is 6.16 Å². The van der Waals surface area contributed by atoms with E-state index in [-0.39, 0.29) is 41.0 Å². The van der Waals surface area contributed by atoms with Crippen LogP contribution in [0.3, 0.4) is 0 Å². The number of non-ortho nitro benzene ring substituents is 1. The van der Waals surface area contributed by atoms with E-state index in [1.54, 1.807) is 36.7 Å². The van der Waals surface area contributed by atoms with E-state index in [0.29, 0.717) is 23.2 Å². The molecule has 1 N–H and O–H groups in total. The lowest BCUT2D eigenvalue weighted by Gasteiger charge is -2.14. The normalized spacial score (nSPS) is 12.8. The van der Waals surface area contributed by atoms with Crippen LogP contribution in [-0.2, 0) is 11.3 Å². The highest BCUT2D eigenvalue weighted by atomic mass is 19.1. The van der Waals surface area contributed by atoms with E-state index in [2.05, 4.69) is 10.3 Å². The number of pyridine rings is 1. The van der Waals surface area contributed by atoms with Gasteiger partial charge in [-0.2, -0.15) is 0 Å². The highest BCUT2D eigenvalue weighted by Crippen LogP contribution is 2.45. The number of allylic oxidation sites excluding steroid dienone is 2. The molecule has 1 aliphatic carbocycles. The van der Waals surface area contributed by atoms with E-state index in [0.717, 1.165) is 22.3 Å². The molecule has 0 fully saturated rings. The third kappa shape index (κ3) is 7.02. The number of benzene rings is 3. The van der Waals surface area contributed by atoms with Crippen molar-refractivity contribution in [2.45, 2.75) is 19.9 Å². The number of hydrogen-bond acceptors (Lipinski definition) is 9. The smallest absolute Gasteiger partial charge is 0.493 e. The van der Waals surface area contributed by atoms with Gasteiger partial charge in [-0.1, -0.05) is 12.1 Å². The standard InChI is InChI=1S/C34H28FN3O8/c1-20-27(26-11-6-23(35)16-29(26)28(20)17-32(39)37-19-21-5-4-12-36-18-21)13-22-14-30(43-2)33(31(15-22)44-3)46-34(40)45-25-9-7-24(8-10-25)38(41)42/h4-16,18H,17,19H2,1-3H3,(H,37,39). The molecule has 5 rings (SSSR count). The van der Waals surface area contributed by atoms with Crippen LogP contribution < -0.4 is 24.3 Å². The van der Waals surface area contributed by atoms with Gasteiger partial charge in [0.2, 0.25) is 11.7 Å². The number of nitrogens with one attached hydrogen (secondary N) is 1. The number of rotatable bonds is 10. The molecule has 0 bridgehead atoms. The first-order valence-corrected chi connectivity index (χ1v) is 13.9. The van der Waals surface area contributed by atoms with Crippen molar-refractivity contribution < 1.29 is 37.9 Å². The van der Waals surface area contributed by atoms with E-state index >= 15 is 0 Å². The van der Waals surface area contributed by atoms with Gasteiger partial charge < -0.3 is 24.3 Å². The van der Waals surface area contributed by atoms with Crippen LogP contribution in [0.2, 0.25) is 0 Å². The van der Waals surface area contributed by atoms with Gasteiger partial charge in [0.1, 0.15) is 11.6 Å². The fourth-order valence-electron chi connectivity index (χ4n) is 4.99. The van der Waals surface area contributed by atoms with Crippen molar-refractivity contribution in [3.05, 3.63) is 123 Å². The predicted molar refractivity (Wildman–Crippen MR) is 167 cm³/mol.